The maximum Gasteiger partial charge on any atom is 0.306 e. The van der Waals surface area contributed by atoms with Gasteiger partial charge in [0.15, 0.2) is 0 Å². The normalized spacial score (nSPS) is 18.0. The molecule has 0 spiro atoms. The Labute approximate surface area is 242 Å². The van der Waals surface area contributed by atoms with Gasteiger partial charge in [0, 0.05) is 36.0 Å². The van der Waals surface area contributed by atoms with Crippen molar-refractivity contribution in [2.24, 2.45) is 0 Å². The van der Waals surface area contributed by atoms with Crippen molar-refractivity contribution in [3.05, 3.63) is 84.3 Å². The number of nitro benzene ring substituents is 1. The van der Waals surface area contributed by atoms with E-state index in [-0.39, 0.29) is 47.6 Å². The van der Waals surface area contributed by atoms with Gasteiger partial charge in [0.05, 0.1) is 41.4 Å². The maximum absolute atomic E-state index is 13.0. The summed E-state index contributed by atoms with van der Waals surface area (Å²) in [5.74, 6) is 0.289. The number of carbonyl (C=O) groups is 1. The van der Waals surface area contributed by atoms with E-state index in [4.69, 9.17) is 18.6 Å². The molecule has 0 bridgehead atoms. The molecule has 1 fully saturated rings. The molecular formula is C28H31N3O8S2. The Balaban J connectivity index is 1.23. The van der Waals surface area contributed by atoms with Crippen LogP contribution in [0.1, 0.15) is 63.6 Å². The fraction of sp³-hybridized carbons (Fsp3) is 0.429. The Bertz CT molecular complexity index is 1580. The molecule has 1 atom stereocenters. The number of rotatable bonds is 7. The summed E-state index contributed by atoms with van der Waals surface area (Å²) >= 11 is 1.49. The van der Waals surface area contributed by atoms with Gasteiger partial charge in [0.25, 0.3) is 5.69 Å². The number of piperidine rings is 1. The molecule has 0 radical (unpaired) electrons. The number of benzene rings is 2. The summed E-state index contributed by atoms with van der Waals surface area (Å²) in [5.41, 5.74) is 4.11. The lowest BCUT2D eigenvalue weighted by Crippen LogP contribution is -2.38. The third kappa shape index (κ3) is 6.75. The molecule has 3 aromatic rings. The summed E-state index contributed by atoms with van der Waals surface area (Å²) in [4.78, 5) is 30.7. The predicted molar refractivity (Wildman–Crippen MR) is 151 cm³/mol. The Hall–Kier alpha value is -3.39. The number of aryl methyl sites for hydroxylation is 2. The van der Waals surface area contributed by atoms with Gasteiger partial charge in [-0.15, -0.1) is 11.3 Å². The highest BCUT2D eigenvalue weighted by molar-refractivity contribution is 7.86. The third-order valence-corrected chi connectivity index (χ3v) is 8.89. The number of aromatic nitrogens is 1. The topological polar surface area (TPSA) is 138 Å². The van der Waals surface area contributed by atoms with Gasteiger partial charge in [-0.2, -0.15) is 8.42 Å². The molecule has 41 heavy (non-hydrogen) atoms. The number of carbonyl (C=O) groups excluding carboxylic acids is 1. The van der Waals surface area contributed by atoms with E-state index >= 15 is 0 Å². The maximum atomic E-state index is 13.0. The molecule has 218 valence electrons. The lowest BCUT2D eigenvalue weighted by atomic mass is 9.96. The molecule has 3 heterocycles. The van der Waals surface area contributed by atoms with Crippen LogP contribution >= 0.6 is 11.3 Å². The van der Waals surface area contributed by atoms with Gasteiger partial charge < -0.3 is 18.6 Å². The average Bonchev–Trinajstić information content (AvgIpc) is 3.30. The van der Waals surface area contributed by atoms with E-state index in [1.165, 1.54) is 23.5 Å². The second kappa shape index (κ2) is 11.8. The van der Waals surface area contributed by atoms with E-state index < -0.39 is 21.3 Å². The van der Waals surface area contributed by atoms with Crippen molar-refractivity contribution in [1.82, 2.24) is 9.88 Å². The van der Waals surface area contributed by atoms with E-state index in [9.17, 15) is 23.3 Å². The number of nitrogens with zero attached hydrogens (tertiary/aromatic N) is 3. The molecule has 13 heteroatoms. The first-order chi connectivity index (χ1) is 19.5. The van der Waals surface area contributed by atoms with Crippen LogP contribution in [0, 0.1) is 24.0 Å². The van der Waals surface area contributed by atoms with Crippen LogP contribution in [0.25, 0.3) is 0 Å². The zero-order valence-corrected chi connectivity index (χ0v) is 24.6. The lowest BCUT2D eigenvalue weighted by Gasteiger charge is -2.31. The van der Waals surface area contributed by atoms with Crippen molar-refractivity contribution in [1.29, 1.82) is 0 Å². The minimum absolute atomic E-state index is 0.0322. The van der Waals surface area contributed by atoms with Gasteiger partial charge >= 0.3 is 10.1 Å². The summed E-state index contributed by atoms with van der Waals surface area (Å²) in [5, 5.41) is 14.4. The van der Waals surface area contributed by atoms with Gasteiger partial charge in [-0.3, -0.25) is 14.9 Å². The molecule has 11 nitrogen and oxygen atoms in total. The number of thiazole rings is 1. The molecule has 0 aliphatic carbocycles. The molecule has 1 unspecified atom stereocenters. The second-order valence-corrected chi connectivity index (χ2v) is 12.9. The van der Waals surface area contributed by atoms with Crippen molar-refractivity contribution in [3.8, 4) is 5.75 Å². The third-order valence-electron chi connectivity index (χ3n) is 7.38. The van der Waals surface area contributed by atoms with E-state index in [0.717, 1.165) is 40.8 Å². The highest BCUT2D eigenvalue weighted by Crippen LogP contribution is 2.39. The van der Waals surface area contributed by atoms with Gasteiger partial charge in [0.1, 0.15) is 11.4 Å². The van der Waals surface area contributed by atoms with Crippen LogP contribution < -0.4 is 4.18 Å². The van der Waals surface area contributed by atoms with Gasteiger partial charge in [-0.1, -0.05) is 23.8 Å². The zero-order valence-electron chi connectivity index (χ0n) is 23.0. The number of amides is 1. The minimum Gasteiger partial charge on any atom is -0.382 e. The predicted octanol–water partition coefficient (Wildman–Crippen LogP) is 4.70. The quantitative estimate of drug-likeness (QED) is 0.214. The van der Waals surface area contributed by atoms with Crippen molar-refractivity contribution in [2.45, 2.75) is 58.5 Å². The van der Waals surface area contributed by atoms with E-state index in [1.54, 1.807) is 0 Å². The Morgan fingerprint density at radius 2 is 1.85 bits per heavy atom. The van der Waals surface area contributed by atoms with E-state index in [1.807, 2.05) is 30.2 Å². The highest BCUT2D eigenvalue weighted by Gasteiger charge is 2.31. The molecule has 5 rings (SSSR count). The molecule has 1 saturated heterocycles. The summed E-state index contributed by atoms with van der Waals surface area (Å²) in [6, 6.07) is 8.62. The van der Waals surface area contributed by atoms with Gasteiger partial charge in [-0.25, -0.2) is 4.98 Å². The monoisotopic (exact) mass is 601 g/mol. The molecule has 2 aliphatic heterocycles. The van der Waals surface area contributed by atoms with Gasteiger partial charge in [-0.05, 0) is 43.9 Å². The van der Waals surface area contributed by atoms with Gasteiger partial charge in [0.2, 0.25) is 12.2 Å². The first-order valence-corrected chi connectivity index (χ1v) is 15.9. The highest BCUT2D eigenvalue weighted by atomic mass is 32.2. The van der Waals surface area contributed by atoms with Crippen molar-refractivity contribution >= 4 is 33.0 Å². The summed E-state index contributed by atoms with van der Waals surface area (Å²) in [6.07, 6.45) is 1.99. The van der Waals surface area contributed by atoms with Crippen LogP contribution in [-0.4, -0.2) is 48.5 Å². The summed E-state index contributed by atoms with van der Waals surface area (Å²) < 4.78 is 40.3. The summed E-state index contributed by atoms with van der Waals surface area (Å²) in [6.45, 7) is 5.03. The van der Waals surface area contributed by atoms with Crippen LogP contribution in [-0.2, 0) is 44.0 Å². The average molecular weight is 602 g/mol. The van der Waals surface area contributed by atoms with Crippen LogP contribution in [0.4, 0.5) is 5.69 Å². The number of ether oxygens (including phenoxy) is 2. The molecule has 2 aliphatic rings. The molecule has 2 aromatic carbocycles. The first-order valence-electron chi connectivity index (χ1n) is 13.2. The number of likely N-dealkylation sites (tertiary alicyclic amines) is 1. The molecule has 1 aromatic heterocycles. The Kier molecular flexibility index (Phi) is 8.41. The molecular weight excluding hydrogens is 570 g/mol. The summed E-state index contributed by atoms with van der Waals surface area (Å²) in [7, 11) is -3.86. The minimum atomic E-state index is -3.86. The largest absolute Gasteiger partial charge is 0.382 e. The number of fused-ring (bicyclic) bond motifs is 1. The fourth-order valence-electron chi connectivity index (χ4n) is 5.17. The van der Waals surface area contributed by atoms with Crippen LogP contribution in [0.2, 0.25) is 0 Å². The zero-order chi connectivity index (χ0) is 29.3. The Morgan fingerprint density at radius 3 is 2.54 bits per heavy atom. The van der Waals surface area contributed by atoms with Crippen LogP contribution in [0.15, 0.2) is 35.7 Å². The van der Waals surface area contributed by atoms with Crippen molar-refractivity contribution < 1.29 is 31.8 Å². The van der Waals surface area contributed by atoms with Crippen molar-refractivity contribution in [3.63, 3.8) is 0 Å². The Morgan fingerprint density at radius 1 is 1.15 bits per heavy atom. The fourth-order valence-corrected chi connectivity index (χ4v) is 6.64. The first kappa shape index (κ1) is 29.1. The second-order valence-electron chi connectivity index (χ2n) is 10.4. The molecule has 1 amide bonds. The lowest BCUT2D eigenvalue weighted by molar-refractivity contribution is -0.386. The SMILES string of the molecule is Cc1ccc(C)c(CC(=O)N2CCC(c3nc(C4OCc5c(OS(C)(=O)=O)ccc([N+](=O)[O-])c5CO4)cs3)CC2)c1. The smallest absolute Gasteiger partial charge is 0.306 e. The van der Waals surface area contributed by atoms with Crippen LogP contribution in [0.5, 0.6) is 5.75 Å². The number of nitro groups is 1. The number of hydrogen-bond acceptors (Lipinski definition) is 10. The van der Waals surface area contributed by atoms with Crippen LogP contribution in [0.3, 0.4) is 0 Å². The molecule has 0 saturated carbocycles. The van der Waals surface area contributed by atoms with E-state index in [0.29, 0.717) is 25.2 Å². The molecule has 0 N–H and O–H groups in total. The van der Waals surface area contributed by atoms with E-state index in [2.05, 4.69) is 12.1 Å². The standard InChI is InChI=1S/C28H31N3O8S2/c1-17-4-5-18(2)20(12-17)13-26(32)30-10-8-19(9-11-30)27-29-23(16-40-27)28-37-14-21-22(15-38-28)25(39-41(3,35)36)7-6-24(21)31(33)34/h4-7,12,16,19,28H,8-11,13-15H2,1-3H3. The van der Waals surface area contributed by atoms with Crippen molar-refractivity contribution in [2.75, 3.05) is 19.3 Å². The number of hydrogen-bond donors (Lipinski definition) is 0.